The molecule has 0 amide bonds. The molecule has 1 atom stereocenters. The van der Waals surface area contributed by atoms with Crippen molar-refractivity contribution in [1.82, 2.24) is 4.90 Å². The van der Waals surface area contributed by atoms with E-state index >= 15 is 0 Å². The number of nitrogens with zero attached hydrogens (tertiary/aromatic N) is 1. The minimum atomic E-state index is -0.313. The predicted molar refractivity (Wildman–Crippen MR) is 148 cm³/mol. The Balaban J connectivity index is 1.57. The van der Waals surface area contributed by atoms with E-state index in [1.165, 1.54) is 5.56 Å². The lowest BCUT2D eigenvalue weighted by Gasteiger charge is -2.42. The van der Waals surface area contributed by atoms with Crippen LogP contribution in [0, 0.1) is 0 Å². The third-order valence-corrected chi connectivity index (χ3v) is 7.54. The van der Waals surface area contributed by atoms with Crippen molar-refractivity contribution in [3.63, 3.8) is 0 Å². The number of carbonyl (C=O) groups excluding carboxylic acids is 1. The van der Waals surface area contributed by atoms with Gasteiger partial charge in [0.1, 0.15) is 6.61 Å². The highest BCUT2D eigenvalue weighted by molar-refractivity contribution is 5.87. The van der Waals surface area contributed by atoms with Crippen LogP contribution in [0.2, 0.25) is 0 Å². The maximum Gasteiger partial charge on any atom is 0.311 e. The van der Waals surface area contributed by atoms with E-state index in [0.29, 0.717) is 35.4 Å². The van der Waals surface area contributed by atoms with Gasteiger partial charge in [0.05, 0.1) is 28.4 Å². The molecule has 3 aromatic rings. The van der Waals surface area contributed by atoms with Gasteiger partial charge in [-0.15, -0.1) is 0 Å². The molecule has 0 radical (unpaired) electrons. The zero-order valence-corrected chi connectivity index (χ0v) is 23.2. The zero-order chi connectivity index (χ0) is 27.5. The molecule has 0 saturated heterocycles. The van der Waals surface area contributed by atoms with E-state index < -0.39 is 0 Å². The number of hydrogen-bond donors (Lipinski definition) is 0. The van der Waals surface area contributed by atoms with E-state index in [4.69, 9.17) is 28.4 Å². The van der Waals surface area contributed by atoms with Gasteiger partial charge in [0, 0.05) is 31.1 Å². The summed E-state index contributed by atoms with van der Waals surface area (Å²) in [5.41, 5.74) is 5.30. The van der Waals surface area contributed by atoms with Crippen molar-refractivity contribution in [1.29, 1.82) is 0 Å². The normalized spacial score (nSPS) is 15.6. The molecule has 1 unspecified atom stereocenters. The van der Waals surface area contributed by atoms with Gasteiger partial charge in [-0.3, -0.25) is 9.69 Å². The fraction of sp³-hybridized carbons (Fsp3) is 0.387. The highest BCUT2D eigenvalue weighted by Crippen LogP contribution is 2.54. The number of methoxy groups -OCH3 is 4. The molecule has 39 heavy (non-hydrogen) atoms. The Morgan fingerprint density at radius 1 is 0.872 bits per heavy atom. The lowest BCUT2D eigenvalue weighted by molar-refractivity contribution is -0.134. The van der Waals surface area contributed by atoms with Gasteiger partial charge in [0.25, 0.3) is 0 Å². The summed E-state index contributed by atoms with van der Waals surface area (Å²) in [6, 6.07) is 13.8. The van der Waals surface area contributed by atoms with Gasteiger partial charge < -0.3 is 28.4 Å². The van der Waals surface area contributed by atoms with Gasteiger partial charge in [-0.2, -0.15) is 0 Å². The van der Waals surface area contributed by atoms with E-state index in [2.05, 4.69) is 4.90 Å². The van der Waals surface area contributed by atoms with Gasteiger partial charge in [-0.05, 0) is 65.4 Å². The second-order valence-electron chi connectivity index (χ2n) is 9.55. The van der Waals surface area contributed by atoms with E-state index in [-0.39, 0.29) is 18.4 Å². The number of hydrogen-bond acceptors (Lipinski definition) is 8. The van der Waals surface area contributed by atoms with Crippen molar-refractivity contribution >= 4 is 5.97 Å². The Morgan fingerprint density at radius 2 is 1.54 bits per heavy atom. The number of fused-ring (bicyclic) bond motifs is 2. The molecule has 0 N–H and O–H groups in total. The number of para-hydroxylation sites is 2. The van der Waals surface area contributed by atoms with E-state index in [1.807, 2.05) is 42.5 Å². The Morgan fingerprint density at radius 3 is 2.23 bits per heavy atom. The minimum Gasteiger partial charge on any atom is -0.493 e. The van der Waals surface area contributed by atoms with Crippen molar-refractivity contribution in [3.05, 3.63) is 59.2 Å². The van der Waals surface area contributed by atoms with Gasteiger partial charge in [-0.1, -0.05) is 19.1 Å². The molecular weight excluding hydrogens is 498 g/mol. The summed E-state index contributed by atoms with van der Waals surface area (Å²) in [4.78, 5) is 15.0. The Hall–Kier alpha value is -3.91. The van der Waals surface area contributed by atoms with Gasteiger partial charge in [0.2, 0.25) is 0 Å². The summed E-state index contributed by atoms with van der Waals surface area (Å²) >= 11 is 0. The minimum absolute atomic E-state index is 0.0700. The summed E-state index contributed by atoms with van der Waals surface area (Å²) in [5, 5.41) is 0. The Kier molecular flexibility index (Phi) is 7.84. The maximum absolute atomic E-state index is 12.6. The van der Waals surface area contributed by atoms with Gasteiger partial charge in [0.15, 0.2) is 34.5 Å². The van der Waals surface area contributed by atoms with Crippen LogP contribution in [0.4, 0.5) is 0 Å². The standard InChI is InChI=1S/C31H35NO7/c1-6-28(33)39-31-27(37-5)16-19-11-12-32(13-14-38-24-10-8-7-9-23(24)34-2)22-15-20-17-25(35-3)26(36-4)18-21(20)30(31)29(19)22/h7-10,16-18,22H,6,11-15H2,1-5H3. The predicted octanol–water partition coefficient (Wildman–Crippen LogP) is 5.24. The number of carbonyl (C=O) groups is 1. The molecule has 0 fully saturated rings. The summed E-state index contributed by atoms with van der Waals surface area (Å²) in [7, 11) is 6.51. The average molecular weight is 534 g/mol. The smallest absolute Gasteiger partial charge is 0.311 e. The molecule has 206 valence electrons. The molecule has 8 nitrogen and oxygen atoms in total. The maximum atomic E-state index is 12.6. The van der Waals surface area contributed by atoms with Crippen LogP contribution in [0.25, 0.3) is 11.1 Å². The molecule has 1 aliphatic heterocycles. The molecule has 0 bridgehead atoms. The molecule has 0 saturated carbocycles. The Bertz CT molecular complexity index is 1370. The first kappa shape index (κ1) is 26.7. The number of benzene rings is 3. The summed E-state index contributed by atoms with van der Waals surface area (Å²) in [6.45, 7) is 3.88. The average Bonchev–Trinajstić information content (AvgIpc) is 2.98. The van der Waals surface area contributed by atoms with Gasteiger partial charge in [-0.25, -0.2) is 0 Å². The van der Waals surface area contributed by atoms with Crippen molar-refractivity contribution < 1.29 is 33.2 Å². The first-order valence-electron chi connectivity index (χ1n) is 13.2. The Labute approximate surface area is 229 Å². The summed E-state index contributed by atoms with van der Waals surface area (Å²) < 4.78 is 34.6. The quantitative estimate of drug-likeness (QED) is 0.259. The van der Waals surface area contributed by atoms with Crippen molar-refractivity contribution in [2.75, 3.05) is 48.1 Å². The van der Waals surface area contributed by atoms with Crippen LogP contribution in [0.5, 0.6) is 34.5 Å². The molecule has 1 aliphatic carbocycles. The second-order valence-corrected chi connectivity index (χ2v) is 9.55. The topological polar surface area (TPSA) is 75.7 Å². The van der Waals surface area contributed by atoms with Crippen LogP contribution in [-0.2, 0) is 17.6 Å². The van der Waals surface area contributed by atoms with Crippen LogP contribution in [0.1, 0.15) is 36.1 Å². The first-order valence-corrected chi connectivity index (χ1v) is 13.2. The fourth-order valence-electron chi connectivity index (χ4n) is 5.64. The molecule has 8 heteroatoms. The zero-order valence-electron chi connectivity index (χ0n) is 23.2. The monoisotopic (exact) mass is 533 g/mol. The van der Waals surface area contributed by atoms with Crippen molar-refractivity contribution in [2.24, 2.45) is 0 Å². The van der Waals surface area contributed by atoms with Crippen LogP contribution in [0.15, 0.2) is 42.5 Å². The van der Waals surface area contributed by atoms with Gasteiger partial charge >= 0.3 is 5.97 Å². The van der Waals surface area contributed by atoms with Crippen LogP contribution in [-0.4, -0.2) is 59.0 Å². The number of ether oxygens (including phenoxy) is 6. The molecule has 5 rings (SSSR count). The highest BCUT2D eigenvalue weighted by atomic mass is 16.6. The molecule has 2 aliphatic rings. The molecule has 3 aromatic carbocycles. The molecule has 0 aromatic heterocycles. The molecular formula is C31H35NO7. The number of rotatable bonds is 10. The van der Waals surface area contributed by atoms with Crippen LogP contribution < -0.4 is 28.4 Å². The highest BCUT2D eigenvalue weighted by Gasteiger charge is 2.38. The largest absolute Gasteiger partial charge is 0.493 e. The third kappa shape index (κ3) is 4.96. The summed E-state index contributed by atoms with van der Waals surface area (Å²) in [5.74, 6) is 3.42. The lowest BCUT2D eigenvalue weighted by Crippen LogP contribution is -2.40. The van der Waals surface area contributed by atoms with E-state index in [9.17, 15) is 4.79 Å². The fourth-order valence-corrected chi connectivity index (χ4v) is 5.64. The number of esters is 1. The molecule has 0 spiro atoms. The van der Waals surface area contributed by atoms with E-state index in [1.54, 1.807) is 35.4 Å². The van der Waals surface area contributed by atoms with Crippen LogP contribution in [0.3, 0.4) is 0 Å². The molecule has 1 heterocycles. The van der Waals surface area contributed by atoms with E-state index in [0.717, 1.165) is 53.9 Å². The summed E-state index contributed by atoms with van der Waals surface area (Å²) in [6.07, 6.45) is 1.88. The van der Waals surface area contributed by atoms with Crippen molar-refractivity contribution in [3.8, 4) is 45.6 Å². The third-order valence-electron chi connectivity index (χ3n) is 7.54. The first-order chi connectivity index (χ1) is 19.0. The van der Waals surface area contributed by atoms with Crippen molar-refractivity contribution in [2.45, 2.75) is 32.2 Å². The SMILES string of the molecule is CCC(=O)Oc1c(OC)cc2c3c1-c1cc(OC)c(OC)cc1CC3N(CCOc1ccccc1OC)CC2. The van der Waals surface area contributed by atoms with Crippen LogP contribution >= 0.6 is 0 Å². The second kappa shape index (κ2) is 11.5. The lowest BCUT2D eigenvalue weighted by atomic mass is 9.76.